The number of rotatable bonds is 13. The highest BCUT2D eigenvalue weighted by Crippen LogP contribution is 2.08. The van der Waals surface area contributed by atoms with Gasteiger partial charge in [-0.3, -0.25) is 0 Å². The summed E-state index contributed by atoms with van der Waals surface area (Å²) in [6.45, 7) is 5.47. The Kier molecular flexibility index (Phi) is 21.3. The Bertz CT molecular complexity index is 482. The molecule has 26 heavy (non-hydrogen) atoms. The molecule has 0 amide bonds. The molecule has 0 bridgehead atoms. The Labute approximate surface area is 170 Å². The normalized spacial score (nSPS) is 10.7. The second-order valence-electron chi connectivity index (χ2n) is 5.97. The third kappa shape index (κ3) is 21.1. The second kappa shape index (κ2) is 22.1. The van der Waals surface area contributed by atoms with E-state index in [1.807, 2.05) is 13.8 Å². The lowest BCUT2D eigenvalue weighted by molar-refractivity contribution is -0.127. The SMILES string of the molecule is CCOC(C)OCCCCCCCCCC#CCC#CCC#CCCBr. The van der Waals surface area contributed by atoms with Gasteiger partial charge >= 0.3 is 0 Å². The summed E-state index contributed by atoms with van der Waals surface area (Å²) in [4.78, 5) is 0. The quantitative estimate of drug-likeness (QED) is 0.155. The molecule has 0 heterocycles. The first-order valence-corrected chi connectivity index (χ1v) is 11.1. The standard InChI is InChI=1S/C23H35BrO2/c1-3-25-23(2)26-22-20-18-16-14-12-10-8-6-4-5-7-9-11-13-15-17-19-21-24/h23H,3,6-8,10,12-14,16,18-22H2,1-2H3. The summed E-state index contributed by atoms with van der Waals surface area (Å²) in [6.07, 6.45) is 11.9. The van der Waals surface area contributed by atoms with Gasteiger partial charge in [-0.2, -0.15) is 0 Å². The van der Waals surface area contributed by atoms with Crippen LogP contribution >= 0.6 is 15.9 Å². The van der Waals surface area contributed by atoms with E-state index < -0.39 is 0 Å². The lowest BCUT2D eigenvalue weighted by Gasteiger charge is -2.12. The van der Waals surface area contributed by atoms with E-state index in [1.165, 1.54) is 38.5 Å². The molecule has 0 aromatic carbocycles. The maximum Gasteiger partial charge on any atom is 0.154 e. The molecule has 3 heteroatoms. The molecule has 0 aromatic rings. The largest absolute Gasteiger partial charge is 0.353 e. The van der Waals surface area contributed by atoms with E-state index in [1.54, 1.807) is 0 Å². The van der Waals surface area contributed by atoms with E-state index in [0.717, 1.165) is 31.2 Å². The van der Waals surface area contributed by atoms with Crippen LogP contribution < -0.4 is 0 Å². The summed E-state index contributed by atoms with van der Waals surface area (Å²) in [7, 11) is 0. The van der Waals surface area contributed by atoms with Crippen LogP contribution in [-0.2, 0) is 9.47 Å². The van der Waals surface area contributed by atoms with Gasteiger partial charge in [0.25, 0.3) is 0 Å². The fourth-order valence-electron chi connectivity index (χ4n) is 2.29. The van der Waals surface area contributed by atoms with Crippen molar-refractivity contribution in [2.45, 2.75) is 90.8 Å². The molecule has 0 N–H and O–H groups in total. The third-order valence-corrected chi connectivity index (χ3v) is 4.04. The average molecular weight is 423 g/mol. The van der Waals surface area contributed by atoms with Crippen LogP contribution in [0.3, 0.4) is 0 Å². The molecule has 146 valence electrons. The summed E-state index contributed by atoms with van der Waals surface area (Å²) in [6, 6.07) is 0. The van der Waals surface area contributed by atoms with Crippen molar-refractivity contribution in [2.24, 2.45) is 0 Å². The molecule has 2 nitrogen and oxygen atoms in total. The number of hydrogen-bond acceptors (Lipinski definition) is 2. The predicted molar refractivity (Wildman–Crippen MR) is 115 cm³/mol. The van der Waals surface area contributed by atoms with E-state index in [0.29, 0.717) is 19.4 Å². The van der Waals surface area contributed by atoms with Crippen molar-refractivity contribution in [3.63, 3.8) is 0 Å². The highest BCUT2D eigenvalue weighted by molar-refractivity contribution is 9.09. The van der Waals surface area contributed by atoms with E-state index in [4.69, 9.17) is 9.47 Å². The first-order chi connectivity index (χ1) is 12.8. The summed E-state index contributed by atoms with van der Waals surface area (Å²) >= 11 is 3.34. The molecule has 0 spiro atoms. The van der Waals surface area contributed by atoms with Crippen molar-refractivity contribution in [2.75, 3.05) is 18.5 Å². The van der Waals surface area contributed by atoms with Gasteiger partial charge in [-0.05, 0) is 26.7 Å². The Balaban J connectivity index is 3.30. The molecular formula is C23H35BrO2. The van der Waals surface area contributed by atoms with Gasteiger partial charge in [-0.15, -0.1) is 11.8 Å². The van der Waals surface area contributed by atoms with Crippen molar-refractivity contribution in [1.29, 1.82) is 0 Å². The minimum Gasteiger partial charge on any atom is -0.353 e. The van der Waals surface area contributed by atoms with Gasteiger partial charge in [0.1, 0.15) is 0 Å². The lowest BCUT2D eigenvalue weighted by atomic mass is 10.1. The van der Waals surface area contributed by atoms with Crippen LogP contribution in [0, 0.1) is 35.5 Å². The molecule has 0 rings (SSSR count). The van der Waals surface area contributed by atoms with Crippen LogP contribution in [0.25, 0.3) is 0 Å². The van der Waals surface area contributed by atoms with Gasteiger partial charge < -0.3 is 9.47 Å². The Morgan fingerprint density at radius 1 is 0.692 bits per heavy atom. The van der Waals surface area contributed by atoms with Crippen LogP contribution in [-0.4, -0.2) is 24.8 Å². The van der Waals surface area contributed by atoms with Gasteiger partial charge in [0.15, 0.2) is 6.29 Å². The average Bonchev–Trinajstić information content (AvgIpc) is 2.64. The van der Waals surface area contributed by atoms with Crippen molar-refractivity contribution >= 4 is 15.9 Å². The van der Waals surface area contributed by atoms with Crippen molar-refractivity contribution in [3.8, 4) is 35.5 Å². The fourth-order valence-corrected chi connectivity index (χ4v) is 2.49. The maximum absolute atomic E-state index is 5.56. The number of alkyl halides is 1. The topological polar surface area (TPSA) is 18.5 Å². The first-order valence-electron chi connectivity index (χ1n) is 9.97. The molecule has 1 atom stereocenters. The van der Waals surface area contributed by atoms with Crippen LogP contribution in [0.1, 0.15) is 84.5 Å². The van der Waals surface area contributed by atoms with Gasteiger partial charge in [-0.25, -0.2) is 0 Å². The van der Waals surface area contributed by atoms with Crippen LogP contribution in [0.2, 0.25) is 0 Å². The summed E-state index contributed by atoms with van der Waals surface area (Å²) in [5.74, 6) is 18.5. The zero-order valence-corrected chi connectivity index (χ0v) is 18.3. The Morgan fingerprint density at radius 3 is 1.85 bits per heavy atom. The number of unbranched alkanes of at least 4 members (excludes halogenated alkanes) is 7. The number of halogens is 1. The summed E-state index contributed by atoms with van der Waals surface area (Å²) < 4.78 is 10.9. The van der Waals surface area contributed by atoms with E-state index in [9.17, 15) is 0 Å². The van der Waals surface area contributed by atoms with Gasteiger partial charge in [-0.1, -0.05) is 71.7 Å². The Hall–Kier alpha value is -0.920. The monoisotopic (exact) mass is 422 g/mol. The second-order valence-corrected chi connectivity index (χ2v) is 6.76. The third-order valence-electron chi connectivity index (χ3n) is 3.65. The van der Waals surface area contributed by atoms with Crippen molar-refractivity contribution in [1.82, 2.24) is 0 Å². The zero-order valence-electron chi connectivity index (χ0n) is 16.7. The highest BCUT2D eigenvalue weighted by Gasteiger charge is 1.99. The lowest BCUT2D eigenvalue weighted by Crippen LogP contribution is -2.13. The molecule has 0 saturated carbocycles. The van der Waals surface area contributed by atoms with Crippen LogP contribution in [0.5, 0.6) is 0 Å². The van der Waals surface area contributed by atoms with Gasteiger partial charge in [0, 0.05) is 31.4 Å². The van der Waals surface area contributed by atoms with Crippen LogP contribution in [0.15, 0.2) is 0 Å². The molecule has 1 unspecified atom stereocenters. The molecule has 0 saturated heterocycles. The number of ether oxygens (including phenoxy) is 2. The van der Waals surface area contributed by atoms with E-state index >= 15 is 0 Å². The molecular weight excluding hydrogens is 388 g/mol. The number of hydrogen-bond donors (Lipinski definition) is 0. The van der Waals surface area contributed by atoms with Gasteiger partial charge in [0.2, 0.25) is 0 Å². The first kappa shape index (κ1) is 25.1. The predicted octanol–water partition coefficient (Wildman–Crippen LogP) is 6.08. The minimum atomic E-state index is -0.0649. The maximum atomic E-state index is 5.56. The minimum absolute atomic E-state index is 0.0649. The molecule has 0 fully saturated rings. The molecule has 0 radical (unpaired) electrons. The zero-order chi connectivity index (χ0) is 19.1. The molecule has 0 aliphatic heterocycles. The van der Waals surface area contributed by atoms with Crippen LogP contribution in [0.4, 0.5) is 0 Å². The van der Waals surface area contributed by atoms with Crippen molar-refractivity contribution in [3.05, 3.63) is 0 Å². The van der Waals surface area contributed by atoms with Gasteiger partial charge in [0.05, 0.1) is 12.8 Å². The van der Waals surface area contributed by atoms with E-state index in [-0.39, 0.29) is 6.29 Å². The summed E-state index contributed by atoms with van der Waals surface area (Å²) in [5, 5.41) is 0.933. The van der Waals surface area contributed by atoms with E-state index in [2.05, 4.69) is 51.5 Å². The highest BCUT2D eigenvalue weighted by atomic mass is 79.9. The molecule has 0 aliphatic carbocycles. The Morgan fingerprint density at radius 2 is 1.23 bits per heavy atom. The molecule has 0 aromatic heterocycles. The van der Waals surface area contributed by atoms with Crippen molar-refractivity contribution < 1.29 is 9.47 Å². The summed E-state index contributed by atoms with van der Waals surface area (Å²) in [5.41, 5.74) is 0. The fraction of sp³-hybridized carbons (Fsp3) is 0.739. The molecule has 0 aliphatic rings. The smallest absolute Gasteiger partial charge is 0.154 e.